The van der Waals surface area contributed by atoms with E-state index in [2.05, 4.69) is 31.1 Å². The van der Waals surface area contributed by atoms with Gasteiger partial charge in [-0.05, 0) is 47.6 Å². The lowest BCUT2D eigenvalue weighted by Gasteiger charge is -2.33. The number of benzene rings is 2. The SMILES string of the molecule is CC(C)(C)C1CCc2c(sc3ncn(CC(=O)Nc4cccc5ccccc45)c(=O)c23)C1. The average molecular weight is 446 g/mol. The van der Waals surface area contributed by atoms with E-state index >= 15 is 0 Å². The van der Waals surface area contributed by atoms with Crippen LogP contribution in [-0.4, -0.2) is 15.5 Å². The van der Waals surface area contributed by atoms with Crippen LogP contribution in [0.4, 0.5) is 5.69 Å². The summed E-state index contributed by atoms with van der Waals surface area (Å²) >= 11 is 1.64. The number of aromatic nitrogens is 2. The molecule has 2 aromatic heterocycles. The van der Waals surface area contributed by atoms with E-state index in [1.54, 1.807) is 11.3 Å². The van der Waals surface area contributed by atoms with Crippen LogP contribution < -0.4 is 10.9 Å². The van der Waals surface area contributed by atoms with Crippen LogP contribution in [-0.2, 0) is 24.2 Å². The molecule has 1 unspecified atom stereocenters. The second-order valence-electron chi connectivity index (χ2n) is 9.74. The Morgan fingerprint density at radius 2 is 1.97 bits per heavy atom. The lowest BCUT2D eigenvalue weighted by Crippen LogP contribution is -2.29. The summed E-state index contributed by atoms with van der Waals surface area (Å²) in [7, 11) is 0. The minimum Gasteiger partial charge on any atom is -0.324 e. The minimum atomic E-state index is -0.235. The van der Waals surface area contributed by atoms with Crippen LogP contribution in [0.3, 0.4) is 0 Å². The van der Waals surface area contributed by atoms with Crippen LogP contribution in [0.25, 0.3) is 21.0 Å². The third-order valence-corrected chi connectivity index (χ3v) is 7.80. The highest BCUT2D eigenvalue weighted by atomic mass is 32.1. The van der Waals surface area contributed by atoms with Crippen molar-refractivity contribution in [2.75, 3.05) is 5.32 Å². The van der Waals surface area contributed by atoms with Crippen molar-refractivity contribution in [3.63, 3.8) is 0 Å². The number of hydrogen-bond donors (Lipinski definition) is 1. The highest BCUT2D eigenvalue weighted by molar-refractivity contribution is 7.18. The lowest BCUT2D eigenvalue weighted by molar-refractivity contribution is -0.116. The largest absolute Gasteiger partial charge is 0.324 e. The van der Waals surface area contributed by atoms with Gasteiger partial charge in [0.15, 0.2) is 0 Å². The van der Waals surface area contributed by atoms with Gasteiger partial charge in [-0.3, -0.25) is 14.2 Å². The fourth-order valence-electron chi connectivity index (χ4n) is 4.73. The smallest absolute Gasteiger partial charge is 0.262 e. The van der Waals surface area contributed by atoms with E-state index in [0.717, 1.165) is 46.1 Å². The second kappa shape index (κ2) is 7.85. The van der Waals surface area contributed by atoms with Crippen molar-refractivity contribution < 1.29 is 4.79 Å². The molecule has 164 valence electrons. The molecule has 4 aromatic rings. The van der Waals surface area contributed by atoms with Gasteiger partial charge in [0.25, 0.3) is 5.56 Å². The van der Waals surface area contributed by atoms with Gasteiger partial charge in [-0.25, -0.2) is 4.98 Å². The summed E-state index contributed by atoms with van der Waals surface area (Å²) in [5, 5.41) is 5.71. The number of carbonyl (C=O) groups excluding carboxylic acids is 1. The fraction of sp³-hybridized carbons (Fsp3) is 0.346. The van der Waals surface area contributed by atoms with Crippen LogP contribution in [0.5, 0.6) is 0 Å². The molecule has 0 saturated carbocycles. The molecule has 0 bridgehead atoms. The monoisotopic (exact) mass is 445 g/mol. The number of rotatable bonds is 3. The van der Waals surface area contributed by atoms with E-state index in [1.807, 2.05) is 42.5 Å². The van der Waals surface area contributed by atoms with Gasteiger partial charge in [-0.1, -0.05) is 57.2 Å². The number of amides is 1. The first kappa shape index (κ1) is 20.9. The standard InChI is InChI=1S/C26H27N3O2S/c1-26(2,3)17-11-12-19-21(13-17)32-24-23(19)25(31)29(15-27-24)14-22(30)28-20-10-6-8-16-7-4-5-9-18(16)20/h4-10,15,17H,11-14H2,1-3H3,(H,28,30). The molecule has 1 aliphatic rings. The van der Waals surface area contributed by atoms with Crippen LogP contribution >= 0.6 is 11.3 Å². The van der Waals surface area contributed by atoms with Crippen molar-refractivity contribution in [1.29, 1.82) is 0 Å². The van der Waals surface area contributed by atoms with Crippen molar-refractivity contribution in [3.05, 3.63) is 69.6 Å². The summed E-state index contributed by atoms with van der Waals surface area (Å²) < 4.78 is 1.44. The molecular formula is C26H27N3O2S. The van der Waals surface area contributed by atoms with E-state index in [0.29, 0.717) is 11.3 Å². The molecule has 6 heteroatoms. The Balaban J connectivity index is 1.42. The molecule has 1 atom stereocenters. The van der Waals surface area contributed by atoms with Gasteiger partial charge in [-0.2, -0.15) is 0 Å². The normalized spacial score (nSPS) is 16.3. The van der Waals surface area contributed by atoms with Crippen molar-refractivity contribution in [2.24, 2.45) is 11.3 Å². The third-order valence-electron chi connectivity index (χ3n) is 6.64. The van der Waals surface area contributed by atoms with Gasteiger partial charge in [0.2, 0.25) is 5.91 Å². The summed E-state index contributed by atoms with van der Waals surface area (Å²) in [5.74, 6) is 0.373. The summed E-state index contributed by atoms with van der Waals surface area (Å²) in [5.41, 5.74) is 2.03. The Bertz CT molecular complexity index is 1390. The maximum atomic E-state index is 13.3. The summed E-state index contributed by atoms with van der Waals surface area (Å²) in [4.78, 5) is 32.7. The Morgan fingerprint density at radius 1 is 1.19 bits per heavy atom. The van der Waals surface area contributed by atoms with Gasteiger partial charge in [0, 0.05) is 16.0 Å². The molecule has 32 heavy (non-hydrogen) atoms. The number of thiophene rings is 1. The maximum Gasteiger partial charge on any atom is 0.262 e. The second-order valence-corrected chi connectivity index (χ2v) is 10.8. The first-order valence-electron chi connectivity index (χ1n) is 11.1. The van der Waals surface area contributed by atoms with Gasteiger partial charge >= 0.3 is 0 Å². The molecule has 1 aliphatic carbocycles. The molecule has 1 N–H and O–H groups in total. The number of carbonyl (C=O) groups is 1. The number of hydrogen-bond acceptors (Lipinski definition) is 4. The lowest BCUT2D eigenvalue weighted by atomic mass is 9.72. The van der Waals surface area contributed by atoms with Crippen LogP contribution in [0.1, 0.15) is 37.6 Å². The Hall–Kier alpha value is -2.99. The molecule has 0 saturated heterocycles. The number of aryl methyl sites for hydroxylation is 1. The summed E-state index contributed by atoms with van der Waals surface area (Å²) in [6.07, 6.45) is 4.50. The highest BCUT2D eigenvalue weighted by Crippen LogP contribution is 2.41. The van der Waals surface area contributed by atoms with E-state index in [-0.39, 0.29) is 23.4 Å². The molecule has 2 aromatic carbocycles. The molecule has 0 aliphatic heterocycles. The summed E-state index contributed by atoms with van der Waals surface area (Å²) in [6, 6.07) is 13.7. The van der Waals surface area contributed by atoms with E-state index in [4.69, 9.17) is 0 Å². The summed E-state index contributed by atoms with van der Waals surface area (Å²) in [6.45, 7) is 6.81. The van der Waals surface area contributed by atoms with Gasteiger partial charge < -0.3 is 5.32 Å². The molecule has 5 rings (SSSR count). The zero-order valence-electron chi connectivity index (χ0n) is 18.6. The Kier molecular flexibility index (Phi) is 5.13. The molecule has 1 amide bonds. The van der Waals surface area contributed by atoms with Crippen molar-refractivity contribution in [2.45, 2.75) is 46.6 Å². The Labute approximate surface area is 191 Å². The molecule has 0 spiro atoms. The molecule has 2 heterocycles. The highest BCUT2D eigenvalue weighted by Gasteiger charge is 2.31. The predicted octanol–water partition coefficient (Wildman–Crippen LogP) is 5.40. The van der Waals surface area contributed by atoms with Crippen LogP contribution in [0.2, 0.25) is 0 Å². The van der Waals surface area contributed by atoms with Crippen LogP contribution in [0.15, 0.2) is 53.6 Å². The first-order valence-corrected chi connectivity index (χ1v) is 11.9. The average Bonchev–Trinajstić information content (AvgIpc) is 3.14. The van der Waals surface area contributed by atoms with Gasteiger partial charge in [-0.15, -0.1) is 11.3 Å². The quantitative estimate of drug-likeness (QED) is 0.459. The molecular weight excluding hydrogens is 418 g/mol. The Morgan fingerprint density at radius 3 is 2.78 bits per heavy atom. The zero-order chi connectivity index (χ0) is 22.5. The molecule has 0 fully saturated rings. The number of anilines is 1. The minimum absolute atomic E-state index is 0.0553. The van der Waals surface area contributed by atoms with Crippen LogP contribution in [0, 0.1) is 11.3 Å². The van der Waals surface area contributed by atoms with Crippen molar-refractivity contribution in [3.8, 4) is 0 Å². The van der Waals surface area contributed by atoms with Gasteiger partial charge in [0.1, 0.15) is 11.4 Å². The number of fused-ring (bicyclic) bond motifs is 4. The number of nitrogens with zero attached hydrogens (tertiary/aromatic N) is 2. The maximum absolute atomic E-state index is 13.3. The fourth-order valence-corrected chi connectivity index (χ4v) is 5.99. The number of nitrogens with one attached hydrogen (secondary N) is 1. The molecule has 0 radical (unpaired) electrons. The van der Waals surface area contributed by atoms with E-state index < -0.39 is 0 Å². The van der Waals surface area contributed by atoms with E-state index in [9.17, 15) is 9.59 Å². The van der Waals surface area contributed by atoms with Gasteiger partial charge in [0.05, 0.1) is 11.7 Å². The molecule has 5 nitrogen and oxygen atoms in total. The first-order chi connectivity index (χ1) is 15.3. The topological polar surface area (TPSA) is 64.0 Å². The van der Waals surface area contributed by atoms with Crippen molar-refractivity contribution >= 4 is 43.9 Å². The van der Waals surface area contributed by atoms with Crippen molar-refractivity contribution in [1.82, 2.24) is 9.55 Å². The van der Waals surface area contributed by atoms with E-state index in [1.165, 1.54) is 15.8 Å². The third kappa shape index (κ3) is 3.73. The zero-order valence-corrected chi connectivity index (χ0v) is 19.5. The predicted molar refractivity (Wildman–Crippen MR) is 131 cm³/mol.